The molecule has 0 aromatic heterocycles. The third-order valence-corrected chi connectivity index (χ3v) is 4.87. The van der Waals surface area contributed by atoms with Gasteiger partial charge in [0, 0.05) is 19.3 Å². The van der Waals surface area contributed by atoms with E-state index in [1.807, 2.05) is 0 Å². The van der Waals surface area contributed by atoms with E-state index in [-0.39, 0.29) is 31.2 Å². The van der Waals surface area contributed by atoms with Crippen LogP contribution in [0.4, 0.5) is 0 Å². The van der Waals surface area contributed by atoms with Crippen molar-refractivity contribution in [3.05, 3.63) is 0 Å². The highest BCUT2D eigenvalue weighted by Gasteiger charge is 2.23. The van der Waals surface area contributed by atoms with Crippen molar-refractivity contribution in [2.45, 2.75) is 104 Å². The first-order valence-corrected chi connectivity index (χ1v) is 11.4. The quantitative estimate of drug-likeness (QED) is 0.161. The summed E-state index contributed by atoms with van der Waals surface area (Å²) in [6, 6.07) is 0. The van der Waals surface area contributed by atoms with E-state index in [0.717, 1.165) is 38.5 Å². The molecular formula is C23H42O6. The lowest BCUT2D eigenvalue weighted by Gasteiger charge is -2.15. The average molecular weight is 415 g/mol. The van der Waals surface area contributed by atoms with Crippen LogP contribution >= 0.6 is 0 Å². The van der Waals surface area contributed by atoms with Crippen molar-refractivity contribution < 1.29 is 28.6 Å². The minimum Gasteiger partial charge on any atom is -0.469 e. The minimum atomic E-state index is -0.452. The van der Waals surface area contributed by atoms with Gasteiger partial charge >= 0.3 is 17.9 Å². The summed E-state index contributed by atoms with van der Waals surface area (Å²) in [6.07, 6.45) is 12.1. The predicted octanol–water partition coefficient (Wildman–Crippen LogP) is 5.36. The number of unbranched alkanes of at least 4 members (excludes halogenated alkanes) is 9. The molecule has 0 aromatic rings. The molecule has 0 rings (SSSR count). The van der Waals surface area contributed by atoms with Crippen LogP contribution < -0.4 is 0 Å². The van der Waals surface area contributed by atoms with Gasteiger partial charge in [-0.05, 0) is 18.8 Å². The summed E-state index contributed by atoms with van der Waals surface area (Å²) in [7, 11) is 1.30. The summed E-state index contributed by atoms with van der Waals surface area (Å²) in [5, 5.41) is 0. The molecule has 0 aliphatic rings. The lowest BCUT2D eigenvalue weighted by atomic mass is 9.97. The van der Waals surface area contributed by atoms with E-state index in [4.69, 9.17) is 9.47 Å². The largest absolute Gasteiger partial charge is 0.469 e. The van der Waals surface area contributed by atoms with Crippen molar-refractivity contribution in [1.82, 2.24) is 0 Å². The van der Waals surface area contributed by atoms with Gasteiger partial charge in [0.2, 0.25) is 0 Å². The molecule has 0 fully saturated rings. The molecule has 0 bridgehead atoms. The number of esters is 3. The molecule has 1 atom stereocenters. The van der Waals surface area contributed by atoms with Gasteiger partial charge in [-0.15, -0.1) is 0 Å². The van der Waals surface area contributed by atoms with Gasteiger partial charge in [-0.25, -0.2) is 0 Å². The zero-order valence-corrected chi connectivity index (χ0v) is 18.8. The summed E-state index contributed by atoms with van der Waals surface area (Å²) in [6.45, 7) is 5.10. The first kappa shape index (κ1) is 27.4. The zero-order chi connectivity index (χ0) is 21.7. The first-order valence-electron chi connectivity index (χ1n) is 11.4. The Bertz CT molecular complexity index is 435. The van der Waals surface area contributed by atoms with Crippen molar-refractivity contribution in [2.75, 3.05) is 20.3 Å². The van der Waals surface area contributed by atoms with E-state index in [1.54, 1.807) is 0 Å². The zero-order valence-electron chi connectivity index (χ0n) is 18.8. The van der Waals surface area contributed by atoms with Crippen LogP contribution in [-0.4, -0.2) is 38.2 Å². The van der Waals surface area contributed by atoms with Gasteiger partial charge in [0.1, 0.15) is 0 Å². The molecule has 29 heavy (non-hydrogen) atoms. The molecule has 0 aliphatic carbocycles. The van der Waals surface area contributed by atoms with Gasteiger partial charge in [-0.2, -0.15) is 0 Å². The minimum absolute atomic E-state index is 0.00815. The molecule has 0 spiro atoms. The fraction of sp³-hybridized carbons (Fsp3) is 0.870. The third-order valence-electron chi connectivity index (χ3n) is 4.87. The van der Waals surface area contributed by atoms with Crippen molar-refractivity contribution in [3.8, 4) is 0 Å². The summed E-state index contributed by atoms with van der Waals surface area (Å²) >= 11 is 0. The molecule has 6 nitrogen and oxygen atoms in total. The highest BCUT2D eigenvalue weighted by Crippen LogP contribution is 2.17. The van der Waals surface area contributed by atoms with Crippen LogP contribution in [0, 0.1) is 5.92 Å². The van der Waals surface area contributed by atoms with E-state index >= 15 is 0 Å². The molecule has 0 saturated heterocycles. The maximum atomic E-state index is 12.1. The number of rotatable bonds is 19. The highest BCUT2D eigenvalue weighted by molar-refractivity contribution is 5.76. The maximum Gasteiger partial charge on any atom is 0.306 e. The highest BCUT2D eigenvalue weighted by atomic mass is 16.5. The summed E-state index contributed by atoms with van der Waals surface area (Å²) in [5.74, 6) is -1.64. The predicted molar refractivity (Wildman–Crippen MR) is 113 cm³/mol. The van der Waals surface area contributed by atoms with Crippen molar-refractivity contribution in [1.29, 1.82) is 0 Å². The first-order chi connectivity index (χ1) is 14.0. The van der Waals surface area contributed by atoms with Gasteiger partial charge < -0.3 is 14.2 Å². The number of ether oxygens (including phenoxy) is 3. The van der Waals surface area contributed by atoms with Crippen LogP contribution in [0.25, 0.3) is 0 Å². The van der Waals surface area contributed by atoms with Crippen LogP contribution in [0.3, 0.4) is 0 Å². The van der Waals surface area contributed by atoms with Gasteiger partial charge in [0.15, 0.2) is 0 Å². The van der Waals surface area contributed by atoms with Gasteiger partial charge in [0.25, 0.3) is 0 Å². The van der Waals surface area contributed by atoms with E-state index in [1.165, 1.54) is 39.2 Å². The smallest absolute Gasteiger partial charge is 0.306 e. The summed E-state index contributed by atoms with van der Waals surface area (Å²) in [4.78, 5) is 35.7. The fourth-order valence-corrected chi connectivity index (χ4v) is 3.08. The van der Waals surface area contributed by atoms with Gasteiger partial charge in [0.05, 0.1) is 20.3 Å². The van der Waals surface area contributed by atoms with Crippen molar-refractivity contribution in [3.63, 3.8) is 0 Å². The Balaban J connectivity index is 4.14. The molecule has 170 valence electrons. The van der Waals surface area contributed by atoms with E-state index in [2.05, 4.69) is 18.6 Å². The monoisotopic (exact) mass is 414 g/mol. The summed E-state index contributed by atoms with van der Waals surface area (Å²) < 4.78 is 15.2. The van der Waals surface area contributed by atoms with E-state index in [0.29, 0.717) is 13.2 Å². The Hall–Kier alpha value is -1.59. The van der Waals surface area contributed by atoms with Crippen LogP contribution in [0.1, 0.15) is 104 Å². The molecule has 0 aliphatic heterocycles. The Morgan fingerprint density at radius 1 is 0.586 bits per heavy atom. The SMILES string of the molecule is CCCCCCCCOC(=O)CC(CC(=O)OC)CC(=O)OCCCCCCC. The number of hydrogen-bond donors (Lipinski definition) is 0. The second-order valence-corrected chi connectivity index (χ2v) is 7.68. The second-order valence-electron chi connectivity index (χ2n) is 7.68. The van der Waals surface area contributed by atoms with E-state index in [9.17, 15) is 14.4 Å². The summed E-state index contributed by atoms with van der Waals surface area (Å²) in [5.41, 5.74) is 0. The van der Waals surface area contributed by atoms with Crippen LogP contribution in [0.2, 0.25) is 0 Å². The topological polar surface area (TPSA) is 78.9 Å². The third kappa shape index (κ3) is 18.2. The van der Waals surface area contributed by atoms with Gasteiger partial charge in [-0.1, -0.05) is 71.6 Å². The molecular weight excluding hydrogens is 372 g/mol. The Morgan fingerprint density at radius 2 is 0.966 bits per heavy atom. The Labute approximate surface area is 177 Å². The van der Waals surface area contributed by atoms with Crippen LogP contribution in [0.15, 0.2) is 0 Å². The number of methoxy groups -OCH3 is 1. The molecule has 0 aromatic carbocycles. The standard InChI is InChI=1S/C23H42O6/c1-4-6-8-10-12-14-16-29-23(26)19-20(17-21(24)27-3)18-22(25)28-15-13-11-9-7-5-2/h20H,4-19H2,1-3H3. The molecule has 0 amide bonds. The molecule has 6 heteroatoms. The molecule has 0 heterocycles. The lowest BCUT2D eigenvalue weighted by molar-refractivity contribution is -0.149. The lowest BCUT2D eigenvalue weighted by Crippen LogP contribution is -2.20. The van der Waals surface area contributed by atoms with E-state index < -0.39 is 11.9 Å². The number of hydrogen-bond acceptors (Lipinski definition) is 6. The van der Waals surface area contributed by atoms with Crippen molar-refractivity contribution >= 4 is 17.9 Å². The average Bonchev–Trinajstić information content (AvgIpc) is 2.69. The number of carbonyl (C=O) groups is 3. The van der Waals surface area contributed by atoms with Crippen molar-refractivity contribution in [2.24, 2.45) is 5.92 Å². The number of carbonyl (C=O) groups excluding carboxylic acids is 3. The Kier molecular flexibility index (Phi) is 18.6. The molecule has 0 radical (unpaired) electrons. The molecule has 0 N–H and O–H groups in total. The second kappa shape index (κ2) is 19.7. The maximum absolute atomic E-state index is 12.1. The fourth-order valence-electron chi connectivity index (χ4n) is 3.08. The normalized spacial score (nSPS) is 11.7. The Morgan fingerprint density at radius 3 is 1.38 bits per heavy atom. The van der Waals surface area contributed by atoms with Crippen LogP contribution in [0.5, 0.6) is 0 Å². The molecule has 1 unspecified atom stereocenters. The molecule has 0 saturated carbocycles. The van der Waals surface area contributed by atoms with Gasteiger partial charge in [-0.3, -0.25) is 14.4 Å². The van der Waals surface area contributed by atoms with Crippen LogP contribution in [-0.2, 0) is 28.6 Å².